The van der Waals surface area contributed by atoms with Gasteiger partial charge < -0.3 is 4.74 Å². The number of hydrogen-bond donors (Lipinski definition) is 0. The lowest BCUT2D eigenvalue weighted by atomic mass is 9.77. The second-order valence-corrected chi connectivity index (χ2v) is 8.84. The Labute approximate surface area is 192 Å². The molecule has 2 aromatic carbocycles. The molecule has 33 heavy (non-hydrogen) atoms. The van der Waals surface area contributed by atoms with Crippen LogP contribution < -0.4 is 4.74 Å². The van der Waals surface area contributed by atoms with E-state index >= 15 is 0 Å². The van der Waals surface area contributed by atoms with Gasteiger partial charge in [0.15, 0.2) is 5.78 Å². The standard InChI is InChI=1S/C24H23ClF6O2/c25-21-12-9-18(23(26,27)28)14-20(21)22(32)13-17-5-3-15(4-6-17)1-2-16-7-10-19(11-8-16)33-24(29,30)31/h7-12,14-15,17H,1-6,13H2. The zero-order chi connectivity index (χ0) is 24.2. The molecule has 1 saturated carbocycles. The maximum Gasteiger partial charge on any atom is 0.573 e. The fraction of sp³-hybridized carbons (Fsp3) is 0.458. The molecule has 0 radical (unpaired) electrons. The first kappa shape index (κ1) is 25.4. The Bertz CT molecular complexity index is 945. The highest BCUT2D eigenvalue weighted by Crippen LogP contribution is 2.36. The second-order valence-electron chi connectivity index (χ2n) is 8.44. The quantitative estimate of drug-likeness (QED) is 0.287. The van der Waals surface area contributed by atoms with Gasteiger partial charge in [0.2, 0.25) is 0 Å². The molecule has 0 aliphatic heterocycles. The minimum absolute atomic E-state index is 0.0216. The Morgan fingerprint density at radius 3 is 2.09 bits per heavy atom. The number of ketones is 1. The topological polar surface area (TPSA) is 26.3 Å². The molecule has 2 aromatic rings. The van der Waals surface area contributed by atoms with E-state index in [9.17, 15) is 31.1 Å². The van der Waals surface area contributed by atoms with Gasteiger partial charge in [-0.1, -0.05) is 36.6 Å². The third kappa shape index (κ3) is 7.66. The van der Waals surface area contributed by atoms with Crippen LogP contribution >= 0.6 is 11.6 Å². The van der Waals surface area contributed by atoms with Crippen molar-refractivity contribution in [1.82, 2.24) is 0 Å². The number of alkyl halides is 6. The number of carbonyl (C=O) groups is 1. The predicted molar refractivity (Wildman–Crippen MR) is 112 cm³/mol. The highest BCUT2D eigenvalue weighted by atomic mass is 35.5. The molecule has 1 fully saturated rings. The number of rotatable bonds is 7. The van der Waals surface area contributed by atoms with Gasteiger partial charge in [-0.3, -0.25) is 4.79 Å². The molecule has 0 saturated heterocycles. The molecule has 180 valence electrons. The van der Waals surface area contributed by atoms with Gasteiger partial charge in [-0.15, -0.1) is 13.2 Å². The van der Waals surface area contributed by atoms with Crippen molar-refractivity contribution in [3.63, 3.8) is 0 Å². The van der Waals surface area contributed by atoms with E-state index in [-0.39, 0.29) is 34.5 Å². The van der Waals surface area contributed by atoms with Gasteiger partial charge >= 0.3 is 12.5 Å². The summed E-state index contributed by atoms with van der Waals surface area (Å²) in [5, 5.41) is 0.0216. The van der Waals surface area contributed by atoms with Crippen LogP contribution in [-0.4, -0.2) is 12.1 Å². The summed E-state index contributed by atoms with van der Waals surface area (Å²) in [4.78, 5) is 12.6. The fourth-order valence-corrected chi connectivity index (χ4v) is 4.46. The average molecular weight is 493 g/mol. The molecule has 0 amide bonds. The monoisotopic (exact) mass is 492 g/mol. The van der Waals surface area contributed by atoms with Crippen molar-refractivity contribution in [3.8, 4) is 5.75 Å². The molecule has 0 bridgehead atoms. The molecule has 0 spiro atoms. The molecule has 1 aliphatic rings. The van der Waals surface area contributed by atoms with E-state index in [1.54, 1.807) is 12.1 Å². The molecule has 1 aliphatic carbocycles. The maximum absolute atomic E-state index is 12.9. The van der Waals surface area contributed by atoms with Crippen LogP contribution in [0, 0.1) is 11.8 Å². The van der Waals surface area contributed by atoms with E-state index in [4.69, 9.17) is 11.6 Å². The van der Waals surface area contributed by atoms with Crippen molar-refractivity contribution in [2.75, 3.05) is 0 Å². The maximum atomic E-state index is 12.9. The molecule has 0 unspecified atom stereocenters. The molecule has 0 heterocycles. The summed E-state index contributed by atoms with van der Waals surface area (Å²) in [6.07, 6.45) is -4.12. The molecule has 0 aromatic heterocycles. The molecule has 9 heteroatoms. The van der Waals surface area contributed by atoms with Crippen LogP contribution in [0.25, 0.3) is 0 Å². The van der Waals surface area contributed by atoms with Gasteiger partial charge in [0.05, 0.1) is 10.6 Å². The number of hydrogen-bond acceptors (Lipinski definition) is 2. The zero-order valence-corrected chi connectivity index (χ0v) is 18.4. The third-order valence-corrected chi connectivity index (χ3v) is 6.36. The van der Waals surface area contributed by atoms with Crippen molar-refractivity contribution < 1.29 is 35.9 Å². The fourth-order valence-electron chi connectivity index (χ4n) is 4.24. The van der Waals surface area contributed by atoms with E-state index in [0.717, 1.165) is 62.3 Å². The lowest BCUT2D eigenvalue weighted by Crippen LogP contribution is -2.18. The molecule has 0 N–H and O–H groups in total. The van der Waals surface area contributed by atoms with Crippen molar-refractivity contribution >= 4 is 17.4 Å². The molecule has 0 atom stereocenters. The average Bonchev–Trinajstić information content (AvgIpc) is 2.72. The first-order valence-corrected chi connectivity index (χ1v) is 11.0. The lowest BCUT2D eigenvalue weighted by Gasteiger charge is -2.28. The Morgan fingerprint density at radius 1 is 0.909 bits per heavy atom. The van der Waals surface area contributed by atoms with Crippen molar-refractivity contribution in [1.29, 1.82) is 0 Å². The molecule has 2 nitrogen and oxygen atoms in total. The summed E-state index contributed by atoms with van der Waals surface area (Å²) in [6, 6.07) is 8.61. The number of ether oxygens (including phenoxy) is 1. The highest BCUT2D eigenvalue weighted by molar-refractivity contribution is 6.34. The molecular formula is C24H23ClF6O2. The van der Waals surface area contributed by atoms with Gasteiger partial charge in [0, 0.05) is 12.0 Å². The van der Waals surface area contributed by atoms with Crippen LogP contribution in [0.3, 0.4) is 0 Å². The largest absolute Gasteiger partial charge is 0.573 e. The zero-order valence-electron chi connectivity index (χ0n) is 17.6. The third-order valence-electron chi connectivity index (χ3n) is 6.03. The van der Waals surface area contributed by atoms with Gasteiger partial charge in [0.25, 0.3) is 0 Å². The normalized spacial score (nSPS) is 19.4. The minimum atomic E-state index is -4.71. The number of benzene rings is 2. The van der Waals surface area contributed by atoms with E-state index in [2.05, 4.69) is 4.74 Å². The smallest absolute Gasteiger partial charge is 0.406 e. The van der Waals surface area contributed by atoms with Crippen LogP contribution in [-0.2, 0) is 12.6 Å². The van der Waals surface area contributed by atoms with Gasteiger partial charge in [-0.05, 0) is 73.4 Å². The summed E-state index contributed by atoms with van der Waals surface area (Å²) < 4.78 is 79.4. The highest BCUT2D eigenvalue weighted by Gasteiger charge is 2.32. The van der Waals surface area contributed by atoms with E-state index in [1.165, 1.54) is 12.1 Å². The Hall–Kier alpha value is -2.22. The number of carbonyl (C=O) groups excluding carboxylic acids is 1. The van der Waals surface area contributed by atoms with Gasteiger partial charge in [-0.25, -0.2) is 0 Å². The Balaban J connectivity index is 1.46. The summed E-state index contributed by atoms with van der Waals surface area (Å²) in [6.45, 7) is 0. The number of Topliss-reactive ketones (excluding diaryl/α,β-unsaturated/α-hetero) is 1. The van der Waals surface area contributed by atoms with E-state index < -0.39 is 18.1 Å². The molecular weight excluding hydrogens is 470 g/mol. The van der Waals surface area contributed by atoms with Crippen LogP contribution in [0.2, 0.25) is 5.02 Å². The minimum Gasteiger partial charge on any atom is -0.406 e. The summed E-state index contributed by atoms with van der Waals surface area (Å²) >= 11 is 5.97. The van der Waals surface area contributed by atoms with Crippen molar-refractivity contribution in [2.24, 2.45) is 11.8 Å². The van der Waals surface area contributed by atoms with Crippen LogP contribution in [0.4, 0.5) is 26.3 Å². The van der Waals surface area contributed by atoms with Crippen LogP contribution in [0.5, 0.6) is 5.75 Å². The van der Waals surface area contributed by atoms with E-state index in [0.29, 0.717) is 5.92 Å². The lowest BCUT2D eigenvalue weighted by molar-refractivity contribution is -0.274. The number of halogens is 7. The van der Waals surface area contributed by atoms with Gasteiger partial charge in [0.1, 0.15) is 5.75 Å². The summed E-state index contributed by atoms with van der Waals surface area (Å²) in [5.74, 6) is -0.106. The van der Waals surface area contributed by atoms with Crippen molar-refractivity contribution in [2.45, 2.75) is 57.5 Å². The second kappa shape index (κ2) is 10.4. The van der Waals surface area contributed by atoms with Crippen molar-refractivity contribution in [3.05, 3.63) is 64.2 Å². The predicted octanol–water partition coefficient (Wildman–Crippen LogP) is 8.27. The van der Waals surface area contributed by atoms with E-state index in [1.807, 2.05) is 0 Å². The summed E-state index contributed by atoms with van der Waals surface area (Å²) in [5.41, 5.74) is -0.0652. The van der Waals surface area contributed by atoms with Crippen LogP contribution in [0.15, 0.2) is 42.5 Å². The van der Waals surface area contributed by atoms with Gasteiger partial charge in [-0.2, -0.15) is 13.2 Å². The Morgan fingerprint density at radius 2 is 1.52 bits per heavy atom. The first-order valence-electron chi connectivity index (χ1n) is 10.7. The SMILES string of the molecule is O=C(CC1CCC(CCc2ccc(OC(F)(F)F)cc2)CC1)c1cc(C(F)(F)F)ccc1Cl. The van der Waals surface area contributed by atoms with Crippen LogP contribution in [0.1, 0.15) is 60.0 Å². The summed E-state index contributed by atoms with van der Waals surface area (Å²) in [7, 11) is 0. The first-order chi connectivity index (χ1) is 15.4. The number of aryl methyl sites for hydroxylation is 1. The Kier molecular flexibility index (Phi) is 7.98. The molecule has 3 rings (SSSR count).